The fraction of sp³-hybridized carbons (Fsp3) is 0.857. The number of rotatable bonds is 6. The molecule has 7 N–H and O–H groups in total. The van der Waals surface area contributed by atoms with E-state index in [1.807, 2.05) is 0 Å². The van der Waals surface area contributed by atoms with Gasteiger partial charge in [0.05, 0.1) is 12.7 Å². The van der Waals surface area contributed by atoms with Crippen molar-refractivity contribution in [3.05, 3.63) is 0 Å². The standard InChI is InChI=1S/C7H15NO6/c8-1-3(10)5(12)7(14)6(13)4(11)2-9/h3-6,9-13H,1-2,8H2/t3-,4+,5+,6+/m0/s1. The van der Waals surface area contributed by atoms with E-state index in [0.29, 0.717) is 0 Å². The zero-order valence-corrected chi connectivity index (χ0v) is 7.45. The van der Waals surface area contributed by atoms with Crippen molar-refractivity contribution in [3.63, 3.8) is 0 Å². The highest BCUT2D eigenvalue weighted by molar-refractivity contribution is 5.88. The predicted octanol–water partition coefficient (Wildman–Crippen LogP) is -4.05. The average Bonchev–Trinajstić information content (AvgIpc) is 2.23. The number of ketones is 1. The van der Waals surface area contributed by atoms with Crippen LogP contribution < -0.4 is 5.73 Å². The number of aliphatic hydroxyl groups is 5. The number of nitrogens with two attached hydrogens (primary N) is 1. The minimum absolute atomic E-state index is 0.352. The van der Waals surface area contributed by atoms with Crippen molar-refractivity contribution >= 4 is 5.78 Å². The van der Waals surface area contributed by atoms with E-state index in [9.17, 15) is 4.79 Å². The minimum Gasteiger partial charge on any atom is -0.394 e. The van der Waals surface area contributed by atoms with Crippen LogP contribution in [-0.4, -0.2) is 68.9 Å². The molecule has 0 saturated carbocycles. The van der Waals surface area contributed by atoms with E-state index in [1.165, 1.54) is 0 Å². The van der Waals surface area contributed by atoms with Gasteiger partial charge in [0.1, 0.15) is 18.3 Å². The van der Waals surface area contributed by atoms with Crippen LogP contribution in [0.5, 0.6) is 0 Å². The molecule has 0 amide bonds. The van der Waals surface area contributed by atoms with Gasteiger partial charge in [-0.15, -0.1) is 0 Å². The summed E-state index contributed by atoms with van der Waals surface area (Å²) in [6.45, 7) is -1.17. The molecule has 0 aromatic rings. The summed E-state index contributed by atoms with van der Waals surface area (Å²) < 4.78 is 0. The molecule has 0 aliphatic heterocycles. The van der Waals surface area contributed by atoms with Crippen molar-refractivity contribution < 1.29 is 30.3 Å². The Kier molecular flexibility index (Phi) is 5.77. The van der Waals surface area contributed by atoms with E-state index in [0.717, 1.165) is 0 Å². The molecule has 0 spiro atoms. The zero-order valence-electron chi connectivity index (χ0n) is 7.45. The Hall–Kier alpha value is -0.570. The Balaban J connectivity index is 4.31. The lowest BCUT2D eigenvalue weighted by atomic mass is 10.0. The normalized spacial score (nSPS) is 19.9. The van der Waals surface area contributed by atoms with Gasteiger partial charge in [-0.2, -0.15) is 0 Å². The SMILES string of the molecule is NC[C@H](O)[C@@H](O)C(=O)[C@H](O)[C@H](O)CO. The molecule has 0 unspecified atom stereocenters. The summed E-state index contributed by atoms with van der Waals surface area (Å²) in [4.78, 5) is 11.1. The molecule has 4 atom stereocenters. The third kappa shape index (κ3) is 3.29. The molecule has 0 aliphatic rings. The van der Waals surface area contributed by atoms with Gasteiger partial charge in [-0.25, -0.2) is 0 Å². The summed E-state index contributed by atoms with van der Waals surface area (Å²) in [6, 6.07) is 0. The zero-order chi connectivity index (χ0) is 11.3. The second-order valence-electron chi connectivity index (χ2n) is 2.85. The first-order valence-corrected chi connectivity index (χ1v) is 4.02. The average molecular weight is 209 g/mol. The topological polar surface area (TPSA) is 144 Å². The van der Waals surface area contributed by atoms with Crippen molar-refractivity contribution in [2.75, 3.05) is 13.2 Å². The largest absolute Gasteiger partial charge is 0.394 e. The van der Waals surface area contributed by atoms with E-state index in [4.69, 9.17) is 31.3 Å². The third-order valence-corrected chi connectivity index (χ3v) is 1.74. The van der Waals surface area contributed by atoms with Crippen LogP contribution in [0, 0.1) is 0 Å². The minimum atomic E-state index is -1.93. The number of hydrogen-bond donors (Lipinski definition) is 6. The lowest BCUT2D eigenvalue weighted by molar-refractivity contribution is -0.148. The van der Waals surface area contributed by atoms with Gasteiger partial charge in [0.15, 0.2) is 5.78 Å². The first kappa shape index (κ1) is 13.4. The highest BCUT2D eigenvalue weighted by Crippen LogP contribution is 2.02. The Morgan fingerprint density at radius 2 is 1.50 bits per heavy atom. The summed E-state index contributed by atoms with van der Waals surface area (Å²) in [5.41, 5.74) is 4.96. The number of carbonyl (C=O) groups excluding carboxylic acids is 1. The van der Waals surface area contributed by atoms with Crippen LogP contribution >= 0.6 is 0 Å². The van der Waals surface area contributed by atoms with Crippen LogP contribution in [0.1, 0.15) is 0 Å². The van der Waals surface area contributed by atoms with Gasteiger partial charge < -0.3 is 31.3 Å². The van der Waals surface area contributed by atoms with Crippen molar-refractivity contribution in [3.8, 4) is 0 Å². The highest BCUT2D eigenvalue weighted by atomic mass is 16.4. The van der Waals surface area contributed by atoms with Crippen LogP contribution in [0.4, 0.5) is 0 Å². The van der Waals surface area contributed by atoms with Crippen LogP contribution in [0.3, 0.4) is 0 Å². The molecular formula is C7H15NO6. The van der Waals surface area contributed by atoms with Gasteiger partial charge in [-0.1, -0.05) is 0 Å². The molecule has 0 aliphatic carbocycles. The first-order valence-electron chi connectivity index (χ1n) is 4.02. The summed E-state index contributed by atoms with van der Waals surface area (Å²) in [6.07, 6.45) is -6.97. The Morgan fingerprint density at radius 1 is 1.07 bits per heavy atom. The highest BCUT2D eigenvalue weighted by Gasteiger charge is 2.32. The van der Waals surface area contributed by atoms with Crippen molar-refractivity contribution in [2.45, 2.75) is 24.4 Å². The molecule has 0 aromatic carbocycles. The third-order valence-electron chi connectivity index (χ3n) is 1.74. The molecule has 7 heteroatoms. The van der Waals surface area contributed by atoms with Crippen LogP contribution in [0.15, 0.2) is 0 Å². The fourth-order valence-electron chi connectivity index (χ4n) is 0.783. The Morgan fingerprint density at radius 3 is 1.86 bits per heavy atom. The van der Waals surface area contributed by atoms with E-state index in [2.05, 4.69) is 0 Å². The molecule has 0 radical (unpaired) electrons. The second-order valence-corrected chi connectivity index (χ2v) is 2.85. The van der Waals surface area contributed by atoms with Crippen molar-refractivity contribution in [1.29, 1.82) is 0 Å². The van der Waals surface area contributed by atoms with Crippen LogP contribution in [0.2, 0.25) is 0 Å². The summed E-state index contributed by atoms with van der Waals surface area (Å²) in [5, 5.41) is 44.3. The van der Waals surface area contributed by atoms with Gasteiger partial charge in [0, 0.05) is 6.54 Å². The fourth-order valence-corrected chi connectivity index (χ4v) is 0.783. The smallest absolute Gasteiger partial charge is 0.195 e. The van der Waals surface area contributed by atoms with E-state index >= 15 is 0 Å². The van der Waals surface area contributed by atoms with Crippen LogP contribution in [0.25, 0.3) is 0 Å². The lowest BCUT2D eigenvalue weighted by Crippen LogP contribution is -2.48. The van der Waals surface area contributed by atoms with Gasteiger partial charge in [-0.3, -0.25) is 4.79 Å². The second kappa shape index (κ2) is 6.02. The maximum absolute atomic E-state index is 11.1. The molecule has 14 heavy (non-hydrogen) atoms. The molecule has 0 fully saturated rings. The van der Waals surface area contributed by atoms with Crippen LogP contribution in [-0.2, 0) is 4.79 Å². The molecule has 84 valence electrons. The molecule has 0 heterocycles. The summed E-state index contributed by atoms with van der Waals surface area (Å²) in [7, 11) is 0. The van der Waals surface area contributed by atoms with E-state index < -0.39 is 36.8 Å². The Bertz CT molecular complexity index is 169. The molecule has 0 rings (SSSR count). The van der Waals surface area contributed by atoms with Crippen molar-refractivity contribution in [1.82, 2.24) is 0 Å². The number of hydrogen-bond acceptors (Lipinski definition) is 7. The number of carbonyl (C=O) groups is 1. The first-order chi connectivity index (χ1) is 6.45. The monoisotopic (exact) mass is 209 g/mol. The summed E-state index contributed by atoms with van der Waals surface area (Å²) in [5.74, 6) is -1.18. The Labute approximate surface area is 80.4 Å². The van der Waals surface area contributed by atoms with E-state index in [1.54, 1.807) is 0 Å². The molecule has 0 saturated heterocycles. The van der Waals surface area contributed by atoms with Gasteiger partial charge >= 0.3 is 0 Å². The number of Topliss-reactive ketones (excluding diaryl/α,β-unsaturated/α-hetero) is 1. The molecule has 0 bridgehead atoms. The maximum atomic E-state index is 11.1. The van der Waals surface area contributed by atoms with E-state index in [-0.39, 0.29) is 6.54 Å². The number of aliphatic hydroxyl groups excluding tert-OH is 5. The molecule has 7 nitrogen and oxygen atoms in total. The molecule has 0 aromatic heterocycles. The predicted molar refractivity (Wildman–Crippen MR) is 45.2 cm³/mol. The lowest BCUT2D eigenvalue weighted by Gasteiger charge is -2.20. The maximum Gasteiger partial charge on any atom is 0.195 e. The van der Waals surface area contributed by atoms with Gasteiger partial charge in [0.25, 0.3) is 0 Å². The summed E-state index contributed by atoms with van der Waals surface area (Å²) >= 11 is 0. The van der Waals surface area contributed by atoms with Crippen molar-refractivity contribution in [2.24, 2.45) is 5.73 Å². The van der Waals surface area contributed by atoms with Gasteiger partial charge in [-0.05, 0) is 0 Å². The molecular weight excluding hydrogens is 194 g/mol. The quantitative estimate of drug-likeness (QED) is 0.261. The van der Waals surface area contributed by atoms with Gasteiger partial charge in [0.2, 0.25) is 0 Å².